The van der Waals surface area contributed by atoms with Gasteiger partial charge in [-0.25, -0.2) is 0 Å². The molecule has 0 aliphatic heterocycles. The van der Waals surface area contributed by atoms with Crippen molar-refractivity contribution in [3.8, 4) is 0 Å². The standard InChI is InChI=1S/C20H23N5O/c1-13-5-7-17(8-6-13)12-24-16(4)18(15(3)23-24)11-22-25-19(21)9-14(2)10-20(25)26/h5-11H,12,21H2,1-4H3/b22-11-. The number of nitrogen functional groups attached to an aromatic ring is 1. The Balaban J connectivity index is 1.91. The van der Waals surface area contributed by atoms with E-state index < -0.39 is 0 Å². The Morgan fingerprint density at radius 3 is 2.42 bits per heavy atom. The average Bonchev–Trinajstić information content (AvgIpc) is 2.83. The van der Waals surface area contributed by atoms with Gasteiger partial charge < -0.3 is 5.73 Å². The molecule has 3 aromatic rings. The minimum Gasteiger partial charge on any atom is -0.384 e. The largest absolute Gasteiger partial charge is 0.384 e. The number of pyridine rings is 1. The molecule has 0 radical (unpaired) electrons. The molecule has 0 aliphatic rings. The Labute approximate surface area is 152 Å². The highest BCUT2D eigenvalue weighted by atomic mass is 16.1. The Hall–Kier alpha value is -3.15. The number of aryl methyl sites for hydroxylation is 3. The summed E-state index contributed by atoms with van der Waals surface area (Å²) in [5.41, 5.74) is 11.6. The summed E-state index contributed by atoms with van der Waals surface area (Å²) < 4.78 is 3.14. The first-order valence-electron chi connectivity index (χ1n) is 8.48. The summed E-state index contributed by atoms with van der Waals surface area (Å²) in [6.07, 6.45) is 1.65. The Morgan fingerprint density at radius 1 is 1.08 bits per heavy atom. The highest BCUT2D eigenvalue weighted by molar-refractivity contribution is 5.82. The van der Waals surface area contributed by atoms with Crippen LogP contribution < -0.4 is 11.3 Å². The molecule has 3 rings (SSSR count). The zero-order valence-corrected chi connectivity index (χ0v) is 15.5. The lowest BCUT2D eigenvalue weighted by atomic mass is 10.1. The SMILES string of the molecule is Cc1ccc(Cn2nc(C)c(/C=N\n3c(N)cc(C)cc3=O)c2C)cc1. The van der Waals surface area contributed by atoms with E-state index in [0.717, 1.165) is 22.5 Å². The average molecular weight is 349 g/mol. The second-order valence-corrected chi connectivity index (χ2v) is 6.58. The van der Waals surface area contributed by atoms with E-state index in [4.69, 9.17) is 5.73 Å². The first kappa shape index (κ1) is 17.7. The molecule has 0 atom stereocenters. The molecule has 0 fully saturated rings. The monoisotopic (exact) mass is 349 g/mol. The summed E-state index contributed by atoms with van der Waals surface area (Å²) in [5, 5.41) is 8.88. The molecule has 2 heterocycles. The van der Waals surface area contributed by atoms with Gasteiger partial charge in [0.2, 0.25) is 0 Å². The zero-order chi connectivity index (χ0) is 18.8. The third-order valence-corrected chi connectivity index (χ3v) is 4.37. The van der Waals surface area contributed by atoms with Gasteiger partial charge in [-0.05, 0) is 44.9 Å². The van der Waals surface area contributed by atoms with Crippen molar-refractivity contribution in [1.29, 1.82) is 0 Å². The van der Waals surface area contributed by atoms with Gasteiger partial charge in [0.1, 0.15) is 5.82 Å². The highest BCUT2D eigenvalue weighted by Crippen LogP contribution is 2.14. The van der Waals surface area contributed by atoms with Crippen molar-refractivity contribution < 1.29 is 0 Å². The van der Waals surface area contributed by atoms with Gasteiger partial charge in [-0.15, -0.1) is 0 Å². The molecule has 134 valence electrons. The molecule has 2 aromatic heterocycles. The predicted octanol–water partition coefficient (Wildman–Crippen LogP) is 2.79. The van der Waals surface area contributed by atoms with E-state index in [-0.39, 0.29) is 5.56 Å². The van der Waals surface area contributed by atoms with Crippen molar-refractivity contribution in [2.45, 2.75) is 34.2 Å². The number of nitrogens with two attached hydrogens (primary N) is 1. The molecule has 0 spiro atoms. The molecule has 0 aliphatic carbocycles. The van der Waals surface area contributed by atoms with Crippen LogP contribution in [0.5, 0.6) is 0 Å². The second-order valence-electron chi connectivity index (χ2n) is 6.58. The fourth-order valence-electron chi connectivity index (χ4n) is 2.88. The normalized spacial score (nSPS) is 11.4. The van der Waals surface area contributed by atoms with E-state index in [0.29, 0.717) is 12.4 Å². The third-order valence-electron chi connectivity index (χ3n) is 4.37. The Bertz CT molecular complexity index is 1030. The molecule has 0 bridgehead atoms. The van der Waals surface area contributed by atoms with Crippen molar-refractivity contribution in [2.24, 2.45) is 5.10 Å². The quantitative estimate of drug-likeness (QED) is 0.736. The van der Waals surface area contributed by atoms with Crippen molar-refractivity contribution in [3.63, 3.8) is 0 Å². The Kier molecular flexibility index (Phi) is 4.75. The van der Waals surface area contributed by atoms with Crippen molar-refractivity contribution >= 4 is 12.0 Å². The van der Waals surface area contributed by atoms with Gasteiger partial charge in [-0.2, -0.15) is 14.9 Å². The Morgan fingerprint density at radius 2 is 1.77 bits per heavy atom. The van der Waals surface area contributed by atoms with Gasteiger partial charge in [0.05, 0.1) is 18.5 Å². The molecule has 6 nitrogen and oxygen atoms in total. The maximum Gasteiger partial charge on any atom is 0.273 e. The lowest BCUT2D eigenvalue weighted by Gasteiger charge is -2.06. The summed E-state index contributed by atoms with van der Waals surface area (Å²) in [6.45, 7) is 8.51. The lowest BCUT2D eigenvalue weighted by molar-refractivity contribution is 0.659. The predicted molar refractivity (Wildman–Crippen MR) is 105 cm³/mol. The molecular weight excluding hydrogens is 326 g/mol. The van der Waals surface area contributed by atoms with Crippen LogP contribution in [0.4, 0.5) is 5.82 Å². The molecule has 2 N–H and O–H groups in total. The van der Waals surface area contributed by atoms with Gasteiger partial charge in [-0.3, -0.25) is 9.48 Å². The van der Waals surface area contributed by atoms with Crippen LogP contribution in [0.1, 0.15) is 33.6 Å². The number of aromatic nitrogens is 3. The molecular formula is C20H23N5O. The minimum absolute atomic E-state index is 0.249. The van der Waals surface area contributed by atoms with Crippen molar-refractivity contribution in [1.82, 2.24) is 14.5 Å². The van der Waals surface area contributed by atoms with E-state index in [9.17, 15) is 4.79 Å². The minimum atomic E-state index is -0.249. The van der Waals surface area contributed by atoms with Crippen LogP contribution in [0.3, 0.4) is 0 Å². The van der Waals surface area contributed by atoms with E-state index in [1.54, 1.807) is 12.3 Å². The van der Waals surface area contributed by atoms with Gasteiger partial charge in [0, 0.05) is 17.3 Å². The summed E-state index contributed by atoms with van der Waals surface area (Å²) in [7, 11) is 0. The highest BCUT2D eigenvalue weighted by Gasteiger charge is 2.10. The number of benzene rings is 1. The maximum atomic E-state index is 12.1. The number of rotatable bonds is 4. The van der Waals surface area contributed by atoms with E-state index in [1.807, 2.05) is 25.5 Å². The number of hydrogen-bond donors (Lipinski definition) is 1. The molecule has 1 aromatic carbocycles. The molecule has 0 saturated heterocycles. The van der Waals surface area contributed by atoms with Gasteiger partial charge in [0.25, 0.3) is 5.56 Å². The summed E-state index contributed by atoms with van der Waals surface area (Å²) in [6, 6.07) is 11.6. The fourth-order valence-corrected chi connectivity index (χ4v) is 2.88. The van der Waals surface area contributed by atoms with Crippen molar-refractivity contribution in [2.75, 3.05) is 5.73 Å². The van der Waals surface area contributed by atoms with Crippen LogP contribution >= 0.6 is 0 Å². The van der Waals surface area contributed by atoms with E-state index in [2.05, 4.69) is 41.4 Å². The number of anilines is 1. The van der Waals surface area contributed by atoms with Crippen LogP contribution in [-0.4, -0.2) is 20.7 Å². The van der Waals surface area contributed by atoms with Crippen LogP contribution in [-0.2, 0) is 6.54 Å². The second kappa shape index (κ2) is 7.00. The van der Waals surface area contributed by atoms with Gasteiger partial charge in [-0.1, -0.05) is 29.8 Å². The van der Waals surface area contributed by atoms with Crippen LogP contribution in [0.25, 0.3) is 0 Å². The van der Waals surface area contributed by atoms with E-state index in [1.165, 1.54) is 21.9 Å². The van der Waals surface area contributed by atoms with E-state index >= 15 is 0 Å². The smallest absolute Gasteiger partial charge is 0.273 e. The first-order chi connectivity index (χ1) is 12.3. The lowest BCUT2D eigenvalue weighted by Crippen LogP contribution is -2.19. The van der Waals surface area contributed by atoms with Gasteiger partial charge >= 0.3 is 0 Å². The third kappa shape index (κ3) is 3.59. The summed E-state index contributed by atoms with van der Waals surface area (Å²) in [4.78, 5) is 12.1. The molecule has 6 heteroatoms. The molecule has 0 saturated carbocycles. The topological polar surface area (TPSA) is 78.2 Å². The summed E-state index contributed by atoms with van der Waals surface area (Å²) >= 11 is 0. The van der Waals surface area contributed by atoms with Crippen LogP contribution in [0, 0.1) is 27.7 Å². The molecule has 26 heavy (non-hydrogen) atoms. The van der Waals surface area contributed by atoms with Gasteiger partial charge in [0.15, 0.2) is 0 Å². The molecule has 0 amide bonds. The first-order valence-corrected chi connectivity index (χ1v) is 8.48. The summed E-state index contributed by atoms with van der Waals surface area (Å²) in [5.74, 6) is 0.314. The zero-order valence-electron chi connectivity index (χ0n) is 15.5. The molecule has 0 unspecified atom stereocenters. The number of nitrogens with zero attached hydrogens (tertiary/aromatic N) is 4. The van der Waals surface area contributed by atoms with Crippen molar-refractivity contribution in [3.05, 3.63) is 80.4 Å². The van der Waals surface area contributed by atoms with Crippen LogP contribution in [0.15, 0.2) is 46.3 Å². The van der Waals surface area contributed by atoms with Crippen LogP contribution in [0.2, 0.25) is 0 Å². The fraction of sp³-hybridized carbons (Fsp3) is 0.250. The maximum absolute atomic E-state index is 12.1. The number of hydrogen-bond acceptors (Lipinski definition) is 4.